The van der Waals surface area contributed by atoms with Crippen LogP contribution in [0.2, 0.25) is 0 Å². The van der Waals surface area contributed by atoms with Gasteiger partial charge in [-0.1, -0.05) is 97.1 Å². The molecular formula is C44H42CoCr2N18O. The Bertz CT molecular complexity index is 1860. The fourth-order valence-corrected chi connectivity index (χ4v) is 4.03. The molecule has 0 spiro atoms. The van der Waals surface area contributed by atoms with E-state index in [0.717, 1.165) is 13.2 Å². The normalized spacial score (nSPS) is 8.39. The van der Waals surface area contributed by atoms with Gasteiger partial charge in [0.2, 0.25) is 0 Å². The van der Waals surface area contributed by atoms with Crippen molar-refractivity contribution < 1.29 is 56.2 Å². The Morgan fingerprint density at radius 3 is 0.545 bits per heavy atom. The van der Waals surface area contributed by atoms with Crippen molar-refractivity contribution >= 4 is 46.5 Å². The maximum absolute atomic E-state index is 6.75. The number of rotatable bonds is 10. The summed E-state index contributed by atoms with van der Waals surface area (Å²) in [4.78, 5) is 35.5. The van der Waals surface area contributed by atoms with E-state index < -0.39 is 0 Å². The second-order valence-electron chi connectivity index (χ2n) is 10.9. The Balaban J connectivity index is 0. The van der Waals surface area contributed by atoms with Crippen LogP contribution in [0.25, 0.3) is 53.2 Å². The summed E-state index contributed by atoms with van der Waals surface area (Å²) < 4.78 is 4.83. The first-order chi connectivity index (χ1) is 31.0. The Morgan fingerprint density at radius 1 is 0.333 bits per heavy atom. The Morgan fingerprint density at radius 2 is 0.470 bits per heavy atom. The van der Waals surface area contributed by atoms with E-state index in [9.17, 15) is 0 Å². The van der Waals surface area contributed by atoms with Gasteiger partial charge in [0.25, 0.3) is 0 Å². The van der Waals surface area contributed by atoms with Crippen molar-refractivity contribution in [2.75, 3.05) is 13.2 Å². The summed E-state index contributed by atoms with van der Waals surface area (Å²) in [5.74, 6) is 5.45. The molecule has 0 aromatic carbocycles. The van der Waals surface area contributed by atoms with Crippen molar-refractivity contribution in [1.29, 1.82) is 0 Å². The van der Waals surface area contributed by atoms with Crippen LogP contribution in [0.4, 0.5) is 46.5 Å². The van der Waals surface area contributed by atoms with Crippen LogP contribution in [-0.2, 0) is 56.2 Å². The molecule has 0 atom stereocenters. The zero-order valence-corrected chi connectivity index (χ0v) is 39.1. The maximum Gasteiger partial charge on any atom is 2.00 e. The predicted molar refractivity (Wildman–Crippen MR) is 247 cm³/mol. The van der Waals surface area contributed by atoms with Crippen LogP contribution in [0, 0.1) is 0 Å². The third kappa shape index (κ3) is 31.4. The van der Waals surface area contributed by atoms with Crippen LogP contribution in [0.15, 0.2) is 195 Å². The quantitative estimate of drug-likeness (QED) is 0.0714. The maximum atomic E-state index is 6.75. The summed E-state index contributed by atoms with van der Waals surface area (Å²) in [6, 6.07) is 44.8. The topological polar surface area (TPSA) is 286 Å². The standard InChI is InChI=1S/4C10H8N3.C4H10O.Co.2Cr.2N3/c4*1-3-7-11-9(5-1)13-10-6-2-4-8-12-10;1-3-5-4-2;;;;2*1-3-2/h4*1-8H;3-4H2,1-2H3;;;;;/q4*-1;;3*+2;2*-1. The molecule has 0 aliphatic rings. The van der Waals surface area contributed by atoms with Gasteiger partial charge in [0.1, 0.15) is 0 Å². The molecule has 335 valence electrons. The minimum Gasteiger partial charge on any atom is -0.382 e. The van der Waals surface area contributed by atoms with Crippen LogP contribution in [0.1, 0.15) is 13.8 Å². The largest absolute Gasteiger partial charge is 2.00 e. The van der Waals surface area contributed by atoms with Gasteiger partial charge in [0, 0.05) is 59.8 Å². The Labute approximate surface area is 415 Å². The second kappa shape index (κ2) is 42.8. The molecule has 0 N–H and O–H groups in total. The van der Waals surface area contributed by atoms with Gasteiger partial charge in [-0.3, -0.25) is 9.82 Å². The molecule has 0 saturated heterocycles. The molecule has 8 aromatic heterocycles. The summed E-state index contributed by atoms with van der Waals surface area (Å²) >= 11 is 0. The molecule has 22 heteroatoms. The molecule has 8 aromatic rings. The number of nitrogens with zero attached hydrogens (tertiary/aromatic N) is 18. The van der Waals surface area contributed by atoms with Gasteiger partial charge in [-0.2, -0.15) is 0 Å². The zero-order valence-electron chi connectivity index (χ0n) is 35.5. The molecule has 0 aliphatic carbocycles. The minimum atomic E-state index is 0. The first-order valence-corrected chi connectivity index (χ1v) is 18.7. The van der Waals surface area contributed by atoms with Gasteiger partial charge < -0.3 is 88.0 Å². The molecule has 0 fully saturated rings. The molecule has 19 nitrogen and oxygen atoms in total. The van der Waals surface area contributed by atoms with E-state index in [0.29, 0.717) is 46.5 Å². The van der Waals surface area contributed by atoms with Crippen LogP contribution >= 0.6 is 0 Å². The average Bonchev–Trinajstić information content (AvgIpc) is 3.33. The fraction of sp³-hybridized carbons (Fsp3) is 0.0909. The van der Waals surface area contributed by atoms with Gasteiger partial charge in [0.15, 0.2) is 0 Å². The fourth-order valence-electron chi connectivity index (χ4n) is 4.03. The van der Waals surface area contributed by atoms with Crippen LogP contribution in [-0.4, -0.2) is 53.1 Å². The molecule has 0 amide bonds. The van der Waals surface area contributed by atoms with E-state index in [-0.39, 0.29) is 51.5 Å². The van der Waals surface area contributed by atoms with Crippen LogP contribution in [0.5, 0.6) is 0 Å². The third-order valence-corrected chi connectivity index (χ3v) is 6.52. The van der Waals surface area contributed by atoms with Crippen LogP contribution in [0.3, 0.4) is 0 Å². The summed E-state index contributed by atoms with van der Waals surface area (Å²) in [6.07, 6.45) is 13.7. The zero-order chi connectivity index (χ0) is 45.3. The first-order valence-electron chi connectivity index (χ1n) is 18.7. The van der Waals surface area contributed by atoms with Crippen molar-refractivity contribution in [1.82, 2.24) is 39.9 Å². The number of hydrogen-bond donors (Lipinski definition) is 0. The molecule has 0 aliphatic heterocycles. The Kier molecular flexibility index (Phi) is 39.4. The SMILES string of the molecule is CCOCC.[Co+2].[Cr+2].[Cr+2].[N-]=[N+]=[N-].[N-]=[N+]=[N-].c1ccc([N-]c2ccccn2)nc1.c1ccc([N-]c2ccccn2)nc1.c1ccc([N-]c2ccccn2)nc1.c1ccc([N-]c2ccccn2)nc1. The minimum absolute atomic E-state index is 0. The smallest absolute Gasteiger partial charge is 0.382 e. The average molecular weight is 1000 g/mol. The van der Waals surface area contributed by atoms with Gasteiger partial charge in [-0.15, -0.1) is 0 Å². The number of hydrogen-bond acceptors (Lipinski definition) is 9. The van der Waals surface area contributed by atoms with Crippen molar-refractivity contribution in [2.45, 2.75) is 13.8 Å². The van der Waals surface area contributed by atoms with Crippen LogP contribution < -0.4 is 0 Å². The van der Waals surface area contributed by atoms with E-state index in [1.54, 1.807) is 49.6 Å². The molecule has 0 saturated carbocycles. The predicted octanol–water partition coefficient (Wildman–Crippen LogP) is 14.0. The van der Waals surface area contributed by atoms with Gasteiger partial charge in [-0.05, 0) is 112 Å². The summed E-state index contributed by atoms with van der Waals surface area (Å²) in [5, 5.41) is 16.9. The summed E-state index contributed by atoms with van der Waals surface area (Å²) in [6.45, 7) is 5.67. The van der Waals surface area contributed by atoms with E-state index in [2.05, 4.69) is 61.1 Å². The van der Waals surface area contributed by atoms with Gasteiger partial charge in [0.05, 0.1) is 0 Å². The first kappa shape index (κ1) is 60.6. The number of ether oxygens (including phenoxy) is 1. The molecule has 0 bridgehead atoms. The van der Waals surface area contributed by atoms with Gasteiger partial charge >= 0.3 is 51.5 Å². The van der Waals surface area contributed by atoms with E-state index in [1.165, 1.54) is 9.82 Å². The van der Waals surface area contributed by atoms with Crippen molar-refractivity contribution in [3.63, 3.8) is 0 Å². The molecule has 8 rings (SSSR count). The van der Waals surface area contributed by atoms with E-state index in [1.807, 2.05) is 159 Å². The molecule has 1 radical (unpaired) electrons. The number of pyridine rings is 8. The van der Waals surface area contributed by atoms with Crippen molar-refractivity contribution in [3.05, 3.63) is 248 Å². The molecular weight excluding hydrogens is 960 g/mol. The van der Waals surface area contributed by atoms with Crippen molar-refractivity contribution in [2.24, 2.45) is 0 Å². The molecule has 0 unspecified atom stereocenters. The monoisotopic (exact) mass is 1000 g/mol. The Hall–Kier alpha value is -7.45. The van der Waals surface area contributed by atoms with E-state index in [4.69, 9.17) is 26.9 Å². The second-order valence-corrected chi connectivity index (χ2v) is 10.9. The van der Waals surface area contributed by atoms with E-state index >= 15 is 0 Å². The molecule has 8 heterocycles. The molecule has 66 heavy (non-hydrogen) atoms. The van der Waals surface area contributed by atoms with Gasteiger partial charge in [-0.25, -0.2) is 0 Å². The summed E-state index contributed by atoms with van der Waals surface area (Å²) in [7, 11) is 0. The number of aromatic nitrogens is 8. The summed E-state index contributed by atoms with van der Waals surface area (Å²) in [5.41, 5.74) is 27.0. The third-order valence-electron chi connectivity index (χ3n) is 6.52. The van der Waals surface area contributed by atoms with Crippen molar-refractivity contribution in [3.8, 4) is 0 Å².